The zero-order valence-corrected chi connectivity index (χ0v) is 15.2. The number of hydrogen-bond acceptors (Lipinski definition) is 1. The minimum atomic E-state index is 0.814. The zero-order chi connectivity index (χ0) is 17.6. The Balaban J connectivity index is 2.03. The summed E-state index contributed by atoms with van der Waals surface area (Å²) in [6, 6.07) is 19.4. The third kappa shape index (κ3) is 3.83. The van der Waals surface area contributed by atoms with Crippen molar-refractivity contribution in [1.29, 1.82) is 0 Å². The summed E-state index contributed by atoms with van der Waals surface area (Å²) >= 11 is 0. The maximum absolute atomic E-state index is 3.71. The Morgan fingerprint density at radius 3 is 2.04 bits per heavy atom. The predicted molar refractivity (Wildman–Crippen MR) is 112 cm³/mol. The lowest BCUT2D eigenvalue weighted by molar-refractivity contribution is 1.19. The number of anilines is 1. The van der Waals surface area contributed by atoms with Gasteiger partial charge in [-0.3, -0.25) is 0 Å². The van der Waals surface area contributed by atoms with E-state index in [-0.39, 0.29) is 0 Å². The van der Waals surface area contributed by atoms with E-state index in [4.69, 9.17) is 0 Å². The summed E-state index contributed by atoms with van der Waals surface area (Å²) in [5.41, 5.74) is 3.86. The Bertz CT molecular complexity index is 916. The van der Waals surface area contributed by atoms with Crippen LogP contribution >= 0.6 is 0 Å². The van der Waals surface area contributed by atoms with Gasteiger partial charge in [0.25, 0.3) is 0 Å². The van der Waals surface area contributed by atoms with Crippen LogP contribution in [0.4, 0.5) is 5.69 Å². The monoisotopic (exact) mass is 327 g/mol. The van der Waals surface area contributed by atoms with Gasteiger partial charge in [0, 0.05) is 17.3 Å². The van der Waals surface area contributed by atoms with Gasteiger partial charge >= 0.3 is 0 Å². The van der Waals surface area contributed by atoms with E-state index in [1.807, 2.05) is 13.0 Å². The third-order valence-electron chi connectivity index (χ3n) is 4.47. The fraction of sp³-hybridized carbons (Fsp3) is 0.167. The summed E-state index contributed by atoms with van der Waals surface area (Å²) in [6.45, 7) is 7.18. The molecule has 0 heterocycles. The van der Waals surface area contributed by atoms with Gasteiger partial charge in [-0.1, -0.05) is 78.4 Å². The fourth-order valence-corrected chi connectivity index (χ4v) is 3.07. The topological polar surface area (TPSA) is 12.0 Å². The highest BCUT2D eigenvalue weighted by Crippen LogP contribution is 2.33. The zero-order valence-electron chi connectivity index (χ0n) is 15.2. The largest absolute Gasteiger partial charge is 0.380 e. The summed E-state index contributed by atoms with van der Waals surface area (Å²) in [4.78, 5) is 0. The van der Waals surface area contributed by atoms with E-state index in [0.717, 1.165) is 6.54 Å². The molecule has 0 atom stereocenters. The van der Waals surface area contributed by atoms with Crippen LogP contribution in [0.15, 0.2) is 90.0 Å². The molecule has 0 saturated heterocycles. The normalized spacial score (nSPS) is 11.6. The Morgan fingerprint density at radius 2 is 1.48 bits per heavy atom. The van der Waals surface area contributed by atoms with Crippen molar-refractivity contribution in [1.82, 2.24) is 0 Å². The van der Waals surface area contributed by atoms with Crippen LogP contribution in [0.5, 0.6) is 0 Å². The lowest BCUT2D eigenvalue weighted by Gasteiger charge is -2.15. The van der Waals surface area contributed by atoms with Crippen molar-refractivity contribution >= 4 is 27.2 Å². The van der Waals surface area contributed by atoms with E-state index >= 15 is 0 Å². The van der Waals surface area contributed by atoms with Gasteiger partial charge in [0.15, 0.2) is 0 Å². The van der Waals surface area contributed by atoms with Gasteiger partial charge in [-0.2, -0.15) is 0 Å². The molecule has 0 spiro atoms. The number of nitrogens with one attached hydrogen (secondary N) is 1. The first kappa shape index (κ1) is 17.0. The second-order valence-corrected chi connectivity index (χ2v) is 6.46. The molecule has 0 saturated carbocycles. The first-order valence-corrected chi connectivity index (χ1v) is 8.81. The minimum absolute atomic E-state index is 0.814. The van der Waals surface area contributed by atoms with Crippen LogP contribution in [0.25, 0.3) is 21.5 Å². The minimum Gasteiger partial charge on any atom is -0.380 e. The number of rotatable bonds is 5. The van der Waals surface area contributed by atoms with Crippen LogP contribution < -0.4 is 5.32 Å². The molecular formula is C24H25N. The molecule has 1 N–H and O–H groups in total. The Labute approximate surface area is 150 Å². The van der Waals surface area contributed by atoms with E-state index in [1.165, 1.54) is 38.4 Å². The molecule has 0 unspecified atom stereocenters. The van der Waals surface area contributed by atoms with Crippen LogP contribution in [-0.4, -0.2) is 6.54 Å². The number of allylic oxidation sites excluding steroid dienone is 4. The molecule has 1 nitrogen and oxygen atoms in total. The summed E-state index contributed by atoms with van der Waals surface area (Å²) in [5, 5.41) is 8.79. The van der Waals surface area contributed by atoms with Crippen LogP contribution in [0.1, 0.15) is 20.8 Å². The van der Waals surface area contributed by atoms with Crippen molar-refractivity contribution in [2.24, 2.45) is 0 Å². The number of fused-ring (bicyclic) bond motifs is 2. The lowest BCUT2D eigenvalue weighted by atomic mass is 10.0. The van der Waals surface area contributed by atoms with Crippen LogP contribution in [0, 0.1) is 0 Å². The first-order chi connectivity index (χ1) is 12.2. The first-order valence-electron chi connectivity index (χ1n) is 8.81. The molecule has 0 aliphatic rings. The average Bonchev–Trinajstić information content (AvgIpc) is 2.63. The van der Waals surface area contributed by atoms with Crippen molar-refractivity contribution < 1.29 is 0 Å². The number of hydrogen-bond donors (Lipinski definition) is 1. The van der Waals surface area contributed by atoms with Gasteiger partial charge in [0.2, 0.25) is 0 Å². The molecule has 3 aromatic rings. The highest BCUT2D eigenvalue weighted by atomic mass is 14.9. The maximum Gasteiger partial charge on any atom is 0.0502 e. The molecule has 1 heteroatoms. The van der Waals surface area contributed by atoms with Crippen molar-refractivity contribution in [2.75, 3.05) is 11.9 Å². The van der Waals surface area contributed by atoms with E-state index in [2.05, 4.69) is 92.0 Å². The second kappa shape index (κ2) is 7.85. The van der Waals surface area contributed by atoms with Gasteiger partial charge < -0.3 is 5.32 Å². The number of benzene rings is 3. The van der Waals surface area contributed by atoms with Gasteiger partial charge in [-0.25, -0.2) is 0 Å². The molecule has 0 fully saturated rings. The molecule has 0 amide bonds. The average molecular weight is 327 g/mol. The van der Waals surface area contributed by atoms with Crippen molar-refractivity contribution in [2.45, 2.75) is 20.8 Å². The molecule has 0 radical (unpaired) electrons. The standard InChI is InChI=1S/C24H25N/c1-4-5-6-13-21(18(2)3)17-25-24-22-14-9-7-11-19(22)16-20-12-8-10-15-23(20)24/h4-16,25H,17H2,1-3H3/b5-4-,13-6-. The summed E-state index contributed by atoms with van der Waals surface area (Å²) < 4.78 is 0. The summed E-state index contributed by atoms with van der Waals surface area (Å²) in [6.07, 6.45) is 8.40. The van der Waals surface area contributed by atoms with Crippen LogP contribution in [0.2, 0.25) is 0 Å². The molecule has 0 aliphatic heterocycles. The van der Waals surface area contributed by atoms with Crippen LogP contribution in [-0.2, 0) is 0 Å². The fourth-order valence-electron chi connectivity index (χ4n) is 3.07. The van der Waals surface area contributed by atoms with Gasteiger partial charge in [0.05, 0.1) is 5.69 Å². The molecule has 0 bridgehead atoms. The van der Waals surface area contributed by atoms with Crippen molar-refractivity contribution in [3.05, 3.63) is 90.0 Å². The third-order valence-corrected chi connectivity index (χ3v) is 4.47. The van der Waals surface area contributed by atoms with Crippen molar-refractivity contribution in [3.8, 4) is 0 Å². The van der Waals surface area contributed by atoms with Gasteiger partial charge in [0.1, 0.15) is 0 Å². The van der Waals surface area contributed by atoms with E-state index in [0.29, 0.717) is 0 Å². The highest BCUT2D eigenvalue weighted by Gasteiger charge is 2.07. The molecule has 0 aromatic heterocycles. The Hall–Kier alpha value is -2.80. The van der Waals surface area contributed by atoms with Gasteiger partial charge in [-0.15, -0.1) is 0 Å². The van der Waals surface area contributed by atoms with E-state index in [1.54, 1.807) is 0 Å². The highest BCUT2D eigenvalue weighted by molar-refractivity contribution is 6.11. The summed E-state index contributed by atoms with van der Waals surface area (Å²) in [7, 11) is 0. The second-order valence-electron chi connectivity index (χ2n) is 6.46. The van der Waals surface area contributed by atoms with Gasteiger partial charge in [-0.05, 0) is 43.2 Å². The predicted octanol–water partition coefficient (Wildman–Crippen LogP) is 6.87. The smallest absolute Gasteiger partial charge is 0.0502 e. The van der Waals surface area contributed by atoms with E-state index in [9.17, 15) is 0 Å². The SMILES string of the molecule is C/C=C\C=C/C(CNc1c2ccccc2cc2ccccc12)=C(C)C. The molecule has 126 valence electrons. The van der Waals surface area contributed by atoms with Crippen LogP contribution in [0.3, 0.4) is 0 Å². The Morgan fingerprint density at radius 1 is 0.880 bits per heavy atom. The summed E-state index contributed by atoms with van der Waals surface area (Å²) in [5.74, 6) is 0. The molecule has 3 rings (SSSR count). The molecule has 3 aromatic carbocycles. The maximum atomic E-state index is 3.71. The van der Waals surface area contributed by atoms with E-state index < -0.39 is 0 Å². The molecule has 0 aliphatic carbocycles. The Kier molecular flexibility index (Phi) is 5.35. The molecule has 25 heavy (non-hydrogen) atoms. The lowest BCUT2D eigenvalue weighted by Crippen LogP contribution is -2.06. The van der Waals surface area contributed by atoms with Crippen molar-refractivity contribution in [3.63, 3.8) is 0 Å². The quantitative estimate of drug-likeness (QED) is 0.398. The molecular weight excluding hydrogens is 302 g/mol.